The molecule has 0 aliphatic carbocycles. The van der Waals surface area contributed by atoms with Crippen molar-refractivity contribution in [3.05, 3.63) is 31.3 Å². The predicted molar refractivity (Wildman–Crippen MR) is 92.1 cm³/mol. The molecular formula is C13H19BrN4OS2. The van der Waals surface area contributed by atoms with Gasteiger partial charge in [-0.25, -0.2) is 9.89 Å². The minimum absolute atomic E-state index is 0.00737. The fourth-order valence-electron chi connectivity index (χ4n) is 1.99. The molecule has 0 saturated carbocycles. The maximum absolute atomic E-state index is 11.8. The smallest absolute Gasteiger partial charge is 0.326 e. The van der Waals surface area contributed by atoms with E-state index < -0.39 is 0 Å². The summed E-state index contributed by atoms with van der Waals surface area (Å²) in [4.78, 5) is 13.0. The number of aromatic amines is 1. The molecule has 2 atom stereocenters. The Bertz CT molecular complexity index is 649. The van der Waals surface area contributed by atoms with Crippen molar-refractivity contribution in [1.82, 2.24) is 14.8 Å². The van der Waals surface area contributed by atoms with E-state index in [1.807, 2.05) is 19.9 Å². The zero-order valence-electron chi connectivity index (χ0n) is 12.2. The lowest BCUT2D eigenvalue weighted by atomic mass is 10.1. The van der Waals surface area contributed by atoms with E-state index in [0.717, 1.165) is 10.2 Å². The van der Waals surface area contributed by atoms with Crippen LogP contribution in [0, 0.1) is 0 Å². The molecule has 21 heavy (non-hydrogen) atoms. The summed E-state index contributed by atoms with van der Waals surface area (Å²) in [5, 5.41) is 7.45. The SMILES string of the molecule is CCC(N)C(Sc1n[nH]c(=O)n1C(C)C)c1ccc(Br)s1. The van der Waals surface area contributed by atoms with Gasteiger partial charge in [0.1, 0.15) is 0 Å². The Morgan fingerprint density at radius 2 is 2.24 bits per heavy atom. The van der Waals surface area contributed by atoms with Crippen LogP contribution in [0.25, 0.3) is 0 Å². The van der Waals surface area contributed by atoms with Gasteiger partial charge in [0.2, 0.25) is 0 Å². The number of aromatic nitrogens is 3. The van der Waals surface area contributed by atoms with Crippen molar-refractivity contribution >= 4 is 39.0 Å². The third-order valence-corrected chi connectivity index (χ3v) is 6.37. The zero-order chi connectivity index (χ0) is 15.6. The van der Waals surface area contributed by atoms with Gasteiger partial charge in [-0.05, 0) is 48.3 Å². The standard InChI is InChI=1S/C13H19BrN4OS2/c1-4-8(15)11(9-5-6-10(14)20-9)21-13-17-16-12(19)18(13)7(2)3/h5-8,11H,4,15H2,1-3H3,(H,16,19). The molecule has 0 spiro atoms. The maximum atomic E-state index is 11.8. The number of thioether (sulfide) groups is 1. The Kier molecular flexibility index (Phi) is 5.70. The molecule has 2 heterocycles. The van der Waals surface area contributed by atoms with Crippen molar-refractivity contribution in [3.8, 4) is 0 Å². The average Bonchev–Trinajstić information content (AvgIpc) is 3.01. The first-order chi connectivity index (χ1) is 9.93. The highest BCUT2D eigenvalue weighted by Crippen LogP contribution is 2.41. The molecule has 8 heteroatoms. The van der Waals surface area contributed by atoms with Gasteiger partial charge in [0.15, 0.2) is 5.16 Å². The number of rotatable bonds is 6. The fraction of sp³-hybridized carbons (Fsp3) is 0.538. The lowest BCUT2D eigenvalue weighted by molar-refractivity contribution is 0.531. The zero-order valence-corrected chi connectivity index (χ0v) is 15.4. The number of halogens is 1. The van der Waals surface area contributed by atoms with Crippen molar-refractivity contribution in [1.29, 1.82) is 0 Å². The maximum Gasteiger partial charge on any atom is 0.344 e. The van der Waals surface area contributed by atoms with E-state index in [4.69, 9.17) is 5.73 Å². The van der Waals surface area contributed by atoms with Gasteiger partial charge in [-0.1, -0.05) is 18.7 Å². The minimum atomic E-state index is -0.177. The second kappa shape index (κ2) is 7.13. The first kappa shape index (κ1) is 16.8. The molecule has 0 radical (unpaired) electrons. The number of thiophene rings is 1. The number of nitrogens with one attached hydrogen (secondary N) is 1. The Morgan fingerprint density at radius 3 is 2.76 bits per heavy atom. The second-order valence-electron chi connectivity index (χ2n) is 5.03. The molecule has 5 nitrogen and oxygen atoms in total. The summed E-state index contributed by atoms with van der Waals surface area (Å²) in [6.07, 6.45) is 0.865. The highest BCUT2D eigenvalue weighted by molar-refractivity contribution is 9.11. The van der Waals surface area contributed by atoms with Crippen LogP contribution >= 0.6 is 39.0 Å². The van der Waals surface area contributed by atoms with Crippen LogP contribution in [-0.4, -0.2) is 20.8 Å². The largest absolute Gasteiger partial charge is 0.344 e. The molecular weight excluding hydrogens is 372 g/mol. The molecule has 2 unspecified atom stereocenters. The Balaban J connectivity index is 2.34. The van der Waals surface area contributed by atoms with Gasteiger partial charge in [0.25, 0.3) is 0 Å². The third-order valence-electron chi connectivity index (χ3n) is 3.16. The van der Waals surface area contributed by atoms with E-state index in [0.29, 0.717) is 5.16 Å². The Hall–Kier alpha value is -0.570. The Morgan fingerprint density at radius 1 is 1.52 bits per heavy atom. The van der Waals surface area contributed by atoms with Crippen molar-refractivity contribution in [3.63, 3.8) is 0 Å². The highest BCUT2D eigenvalue weighted by atomic mass is 79.9. The monoisotopic (exact) mass is 390 g/mol. The van der Waals surface area contributed by atoms with Gasteiger partial charge in [-0.3, -0.25) is 4.57 Å². The first-order valence-corrected chi connectivity index (χ1v) is 9.27. The number of hydrogen-bond acceptors (Lipinski definition) is 5. The number of hydrogen-bond donors (Lipinski definition) is 2. The molecule has 3 N–H and O–H groups in total. The van der Waals surface area contributed by atoms with Gasteiger partial charge in [0, 0.05) is 17.0 Å². The molecule has 0 saturated heterocycles. The van der Waals surface area contributed by atoms with Gasteiger partial charge < -0.3 is 5.73 Å². The van der Waals surface area contributed by atoms with Crippen molar-refractivity contribution < 1.29 is 0 Å². The molecule has 0 amide bonds. The quantitative estimate of drug-likeness (QED) is 0.739. The summed E-state index contributed by atoms with van der Waals surface area (Å²) < 4.78 is 2.75. The summed E-state index contributed by atoms with van der Waals surface area (Å²) in [6, 6.07) is 4.17. The van der Waals surface area contributed by atoms with Crippen LogP contribution in [0.4, 0.5) is 0 Å². The van der Waals surface area contributed by atoms with Crippen LogP contribution < -0.4 is 11.4 Å². The van der Waals surface area contributed by atoms with Crippen LogP contribution in [-0.2, 0) is 0 Å². The van der Waals surface area contributed by atoms with Crippen molar-refractivity contribution in [2.24, 2.45) is 5.73 Å². The molecule has 0 fully saturated rings. The first-order valence-electron chi connectivity index (χ1n) is 6.78. The van der Waals surface area contributed by atoms with Gasteiger partial charge >= 0.3 is 5.69 Å². The molecule has 2 aromatic heterocycles. The van der Waals surface area contributed by atoms with E-state index >= 15 is 0 Å². The summed E-state index contributed by atoms with van der Waals surface area (Å²) >= 11 is 6.71. The van der Waals surface area contributed by atoms with Gasteiger partial charge in [-0.2, -0.15) is 0 Å². The molecule has 0 aliphatic heterocycles. The normalized spacial score (nSPS) is 14.6. The van der Waals surface area contributed by atoms with Crippen molar-refractivity contribution in [2.75, 3.05) is 0 Å². The predicted octanol–water partition coefficient (Wildman–Crippen LogP) is 3.55. The topological polar surface area (TPSA) is 76.7 Å². The summed E-state index contributed by atoms with van der Waals surface area (Å²) in [6.45, 7) is 6.01. The number of H-pyrrole nitrogens is 1. The minimum Gasteiger partial charge on any atom is -0.326 e. The van der Waals surface area contributed by atoms with Crippen LogP contribution in [0.5, 0.6) is 0 Å². The van der Waals surface area contributed by atoms with Gasteiger partial charge in [0.05, 0.1) is 9.04 Å². The summed E-state index contributed by atoms with van der Waals surface area (Å²) in [5.74, 6) is 0. The third kappa shape index (κ3) is 3.80. The summed E-state index contributed by atoms with van der Waals surface area (Å²) in [5.41, 5.74) is 6.11. The molecule has 0 aliphatic rings. The Labute approximate surface area is 140 Å². The van der Waals surface area contributed by atoms with Crippen molar-refractivity contribution in [2.45, 2.75) is 49.7 Å². The molecule has 2 rings (SSSR count). The summed E-state index contributed by atoms with van der Waals surface area (Å²) in [7, 11) is 0. The van der Waals surface area contributed by atoms with E-state index in [-0.39, 0.29) is 23.0 Å². The molecule has 2 aromatic rings. The van der Waals surface area contributed by atoms with Gasteiger partial charge in [-0.15, -0.1) is 16.4 Å². The van der Waals surface area contributed by atoms with E-state index in [9.17, 15) is 4.79 Å². The lowest BCUT2D eigenvalue weighted by Gasteiger charge is -2.21. The van der Waals surface area contributed by atoms with Crippen LogP contribution in [0.1, 0.15) is 43.4 Å². The van der Waals surface area contributed by atoms with E-state index in [1.54, 1.807) is 27.7 Å². The van der Waals surface area contributed by atoms with Crippen LogP contribution in [0.15, 0.2) is 25.9 Å². The second-order valence-corrected chi connectivity index (χ2v) is 8.63. The van der Waals surface area contributed by atoms with Crippen LogP contribution in [0.2, 0.25) is 0 Å². The van der Waals surface area contributed by atoms with Crippen LogP contribution in [0.3, 0.4) is 0 Å². The number of nitrogens with two attached hydrogens (primary N) is 1. The molecule has 0 bridgehead atoms. The highest BCUT2D eigenvalue weighted by Gasteiger charge is 2.25. The fourth-order valence-corrected chi connectivity index (χ4v) is 5.06. The van der Waals surface area contributed by atoms with E-state index in [1.165, 1.54) is 4.88 Å². The average molecular weight is 391 g/mol. The number of nitrogens with zero attached hydrogens (tertiary/aromatic N) is 2. The lowest BCUT2D eigenvalue weighted by Crippen LogP contribution is -2.26. The molecule has 116 valence electrons. The van der Waals surface area contributed by atoms with E-state index in [2.05, 4.69) is 39.1 Å². The molecule has 0 aromatic carbocycles.